The van der Waals surface area contributed by atoms with Crippen LogP contribution < -0.4 is 5.32 Å². The van der Waals surface area contributed by atoms with Gasteiger partial charge in [-0.3, -0.25) is 4.79 Å². The molecule has 0 unspecified atom stereocenters. The number of nitrogens with one attached hydrogen (secondary N) is 1. The molecule has 0 aromatic rings. The van der Waals surface area contributed by atoms with Gasteiger partial charge >= 0.3 is 12.1 Å². The zero-order valence-electron chi connectivity index (χ0n) is 8.66. The second-order valence-corrected chi connectivity index (χ2v) is 4.09. The first kappa shape index (κ1) is 13.3. The number of carbonyl (C=O) groups excluding carboxylic acids is 1. The van der Waals surface area contributed by atoms with Crippen molar-refractivity contribution in [1.82, 2.24) is 5.32 Å². The van der Waals surface area contributed by atoms with Gasteiger partial charge in [-0.25, -0.2) is 0 Å². The molecule has 0 saturated heterocycles. The Bertz CT molecular complexity index is 199. The van der Waals surface area contributed by atoms with E-state index in [9.17, 15) is 18.0 Å². The molecule has 0 aliphatic rings. The SMILES string of the molecule is CCCC(C)(C)CNC(=O)C(F)(F)F. The van der Waals surface area contributed by atoms with Gasteiger partial charge in [-0.15, -0.1) is 0 Å². The van der Waals surface area contributed by atoms with Crippen molar-refractivity contribution < 1.29 is 18.0 Å². The van der Waals surface area contributed by atoms with E-state index in [0.29, 0.717) is 0 Å². The first-order valence-corrected chi connectivity index (χ1v) is 4.54. The Morgan fingerprint density at radius 2 is 1.79 bits per heavy atom. The molecule has 0 bridgehead atoms. The van der Waals surface area contributed by atoms with Crippen molar-refractivity contribution >= 4 is 5.91 Å². The summed E-state index contributed by atoms with van der Waals surface area (Å²) in [6.07, 6.45) is -3.11. The van der Waals surface area contributed by atoms with Crippen molar-refractivity contribution in [2.75, 3.05) is 6.54 Å². The van der Waals surface area contributed by atoms with Gasteiger partial charge in [-0.05, 0) is 11.8 Å². The smallest absolute Gasteiger partial charge is 0.348 e. The standard InChI is InChI=1S/C9H16F3NO/c1-4-5-8(2,3)6-13-7(14)9(10,11)12/h4-6H2,1-3H3,(H,13,14). The number of hydrogen-bond acceptors (Lipinski definition) is 1. The molecule has 1 N–H and O–H groups in total. The van der Waals surface area contributed by atoms with Crippen LogP contribution in [-0.2, 0) is 4.79 Å². The highest BCUT2D eigenvalue weighted by Gasteiger charge is 2.39. The minimum Gasteiger partial charge on any atom is -0.348 e. The summed E-state index contributed by atoms with van der Waals surface area (Å²) in [5.41, 5.74) is -0.282. The van der Waals surface area contributed by atoms with E-state index in [0.717, 1.165) is 12.8 Å². The number of halogens is 3. The van der Waals surface area contributed by atoms with E-state index >= 15 is 0 Å². The highest BCUT2D eigenvalue weighted by Crippen LogP contribution is 2.21. The van der Waals surface area contributed by atoms with Crippen molar-refractivity contribution in [3.63, 3.8) is 0 Å². The van der Waals surface area contributed by atoms with Gasteiger partial charge in [0.05, 0.1) is 0 Å². The maximum absolute atomic E-state index is 11.8. The second-order valence-electron chi connectivity index (χ2n) is 4.09. The Hall–Kier alpha value is -0.740. The predicted molar refractivity (Wildman–Crippen MR) is 47.8 cm³/mol. The number of carbonyl (C=O) groups is 1. The quantitative estimate of drug-likeness (QED) is 0.760. The maximum atomic E-state index is 11.8. The van der Waals surface area contributed by atoms with Crippen LogP contribution in [0.1, 0.15) is 33.6 Å². The van der Waals surface area contributed by atoms with Crippen LogP contribution in [0.25, 0.3) is 0 Å². The van der Waals surface area contributed by atoms with E-state index in [2.05, 4.69) is 0 Å². The minimum atomic E-state index is -4.78. The first-order chi connectivity index (χ1) is 6.19. The molecule has 5 heteroatoms. The van der Waals surface area contributed by atoms with E-state index in [1.165, 1.54) is 0 Å². The van der Waals surface area contributed by atoms with Crippen LogP contribution in [0.15, 0.2) is 0 Å². The van der Waals surface area contributed by atoms with Gasteiger partial charge in [-0.2, -0.15) is 13.2 Å². The van der Waals surface area contributed by atoms with Crippen LogP contribution in [0.4, 0.5) is 13.2 Å². The Labute approximate surface area is 81.9 Å². The van der Waals surface area contributed by atoms with E-state index in [1.807, 2.05) is 26.1 Å². The van der Waals surface area contributed by atoms with Gasteiger partial charge < -0.3 is 5.32 Å². The fourth-order valence-electron chi connectivity index (χ4n) is 1.18. The molecule has 1 amide bonds. The van der Waals surface area contributed by atoms with Gasteiger partial charge in [0.25, 0.3) is 0 Å². The summed E-state index contributed by atoms with van der Waals surface area (Å²) < 4.78 is 35.4. The average Bonchev–Trinajstić information content (AvgIpc) is 1.98. The van der Waals surface area contributed by atoms with Crippen LogP contribution in [0.2, 0.25) is 0 Å². The average molecular weight is 211 g/mol. The van der Waals surface area contributed by atoms with Crippen LogP contribution in [-0.4, -0.2) is 18.6 Å². The van der Waals surface area contributed by atoms with Crippen LogP contribution in [0.5, 0.6) is 0 Å². The zero-order valence-corrected chi connectivity index (χ0v) is 8.66. The summed E-state index contributed by atoms with van der Waals surface area (Å²) in [7, 11) is 0. The molecule has 0 aromatic carbocycles. The lowest BCUT2D eigenvalue weighted by molar-refractivity contribution is -0.174. The van der Waals surface area contributed by atoms with Crippen LogP contribution in [0, 0.1) is 5.41 Å². The van der Waals surface area contributed by atoms with E-state index in [4.69, 9.17) is 0 Å². The number of rotatable bonds is 4. The van der Waals surface area contributed by atoms with Crippen LogP contribution in [0.3, 0.4) is 0 Å². The summed E-state index contributed by atoms with van der Waals surface area (Å²) in [6, 6.07) is 0. The summed E-state index contributed by atoms with van der Waals surface area (Å²) in [5.74, 6) is -1.86. The molecule has 0 radical (unpaired) electrons. The molecule has 0 fully saturated rings. The molecule has 0 aromatic heterocycles. The molecule has 0 aliphatic carbocycles. The molecule has 0 atom stereocenters. The lowest BCUT2D eigenvalue weighted by atomic mass is 9.88. The second kappa shape index (κ2) is 4.66. The normalized spacial score (nSPS) is 12.7. The van der Waals surface area contributed by atoms with Crippen molar-refractivity contribution in [2.24, 2.45) is 5.41 Å². The molecule has 0 saturated carbocycles. The Morgan fingerprint density at radius 1 is 1.29 bits per heavy atom. The summed E-state index contributed by atoms with van der Waals surface area (Å²) in [5, 5.41) is 1.88. The largest absolute Gasteiger partial charge is 0.471 e. The lowest BCUT2D eigenvalue weighted by Crippen LogP contribution is -2.41. The van der Waals surface area contributed by atoms with Crippen molar-refractivity contribution in [2.45, 2.75) is 39.8 Å². The highest BCUT2D eigenvalue weighted by molar-refractivity contribution is 5.81. The maximum Gasteiger partial charge on any atom is 0.471 e. The molecular formula is C9H16F3NO. The van der Waals surface area contributed by atoms with E-state index in [-0.39, 0.29) is 12.0 Å². The Morgan fingerprint density at radius 3 is 2.14 bits per heavy atom. The summed E-state index contributed by atoms with van der Waals surface area (Å²) in [6.45, 7) is 5.66. The minimum absolute atomic E-state index is 0.0547. The molecule has 2 nitrogen and oxygen atoms in total. The van der Waals surface area contributed by atoms with Gasteiger partial charge in [0.1, 0.15) is 0 Å². The Kier molecular flexibility index (Phi) is 4.42. The van der Waals surface area contributed by atoms with Crippen molar-refractivity contribution in [3.8, 4) is 0 Å². The fraction of sp³-hybridized carbons (Fsp3) is 0.889. The molecular weight excluding hydrogens is 195 g/mol. The third kappa shape index (κ3) is 5.09. The van der Waals surface area contributed by atoms with Gasteiger partial charge in [0, 0.05) is 6.54 Å². The van der Waals surface area contributed by atoms with Gasteiger partial charge in [0.15, 0.2) is 0 Å². The predicted octanol–water partition coefficient (Wildman–Crippen LogP) is 2.49. The number of hydrogen-bond donors (Lipinski definition) is 1. The first-order valence-electron chi connectivity index (χ1n) is 4.54. The molecule has 14 heavy (non-hydrogen) atoms. The third-order valence-electron chi connectivity index (χ3n) is 1.91. The van der Waals surface area contributed by atoms with Crippen molar-refractivity contribution in [1.29, 1.82) is 0 Å². The topological polar surface area (TPSA) is 29.1 Å². The van der Waals surface area contributed by atoms with Crippen LogP contribution >= 0.6 is 0 Å². The van der Waals surface area contributed by atoms with Gasteiger partial charge in [0.2, 0.25) is 0 Å². The molecule has 0 aliphatic heterocycles. The fourth-order valence-corrected chi connectivity index (χ4v) is 1.18. The molecule has 0 rings (SSSR count). The van der Waals surface area contributed by atoms with E-state index < -0.39 is 12.1 Å². The van der Waals surface area contributed by atoms with Crippen molar-refractivity contribution in [3.05, 3.63) is 0 Å². The monoisotopic (exact) mass is 211 g/mol. The Balaban J connectivity index is 4.00. The number of alkyl halides is 3. The lowest BCUT2D eigenvalue weighted by Gasteiger charge is -2.24. The highest BCUT2D eigenvalue weighted by atomic mass is 19.4. The molecule has 0 heterocycles. The summed E-state index contributed by atoms with van der Waals surface area (Å²) in [4.78, 5) is 10.5. The molecule has 0 spiro atoms. The molecule has 84 valence electrons. The summed E-state index contributed by atoms with van der Waals surface area (Å²) >= 11 is 0. The van der Waals surface area contributed by atoms with E-state index in [1.54, 1.807) is 0 Å². The third-order valence-corrected chi connectivity index (χ3v) is 1.91. The zero-order chi connectivity index (χ0) is 11.4. The van der Waals surface area contributed by atoms with Gasteiger partial charge in [-0.1, -0.05) is 27.2 Å². The number of amides is 1.